The van der Waals surface area contributed by atoms with Gasteiger partial charge in [-0.3, -0.25) is 4.18 Å². The zero-order valence-corrected chi connectivity index (χ0v) is 17.6. The third-order valence-corrected chi connectivity index (χ3v) is 6.71. The van der Waals surface area contributed by atoms with E-state index in [1.807, 2.05) is 0 Å². The number of hydrogen-bond donors (Lipinski definition) is 3. The maximum absolute atomic E-state index is 11.0. The SMILES string of the molecule is CCCCCCNc1ncnc2c(C3CC(O)C(COS(N)(=O)=O)C3)csc12. The lowest BCUT2D eigenvalue weighted by Crippen LogP contribution is -2.24. The quantitative estimate of drug-likeness (QED) is 0.496. The number of thiophene rings is 1. The molecular weight excluding hydrogens is 400 g/mol. The largest absolute Gasteiger partial charge is 0.393 e. The van der Waals surface area contributed by atoms with Crippen molar-refractivity contribution in [2.24, 2.45) is 11.1 Å². The van der Waals surface area contributed by atoms with E-state index in [1.165, 1.54) is 19.3 Å². The summed E-state index contributed by atoms with van der Waals surface area (Å²) in [7, 11) is -4.00. The Kier molecular flexibility index (Phi) is 7.21. The van der Waals surface area contributed by atoms with E-state index >= 15 is 0 Å². The van der Waals surface area contributed by atoms with Gasteiger partial charge in [0.25, 0.3) is 0 Å². The first kappa shape index (κ1) is 21.4. The summed E-state index contributed by atoms with van der Waals surface area (Å²) in [6.07, 6.45) is 6.89. The standard InChI is InChI=1S/C18H28N4O4S2/c1-2-3-4-5-6-20-18-17-16(21-11-22-18)14(10-27-17)12-7-13(15(23)8-12)9-26-28(19,24)25/h10-13,15,23H,2-9H2,1H3,(H2,19,24,25)(H,20,21,22). The molecule has 4 N–H and O–H groups in total. The number of nitrogens with one attached hydrogen (secondary N) is 1. The van der Waals surface area contributed by atoms with Crippen molar-refractivity contribution in [3.63, 3.8) is 0 Å². The molecule has 1 fully saturated rings. The molecule has 0 amide bonds. The molecule has 156 valence electrons. The Morgan fingerprint density at radius 3 is 2.89 bits per heavy atom. The Balaban J connectivity index is 1.68. The Morgan fingerprint density at radius 2 is 2.14 bits per heavy atom. The number of nitrogens with two attached hydrogens (primary N) is 1. The molecule has 3 atom stereocenters. The average Bonchev–Trinajstić information content (AvgIpc) is 3.23. The van der Waals surface area contributed by atoms with Gasteiger partial charge >= 0.3 is 10.3 Å². The van der Waals surface area contributed by atoms with Crippen molar-refractivity contribution < 1.29 is 17.7 Å². The summed E-state index contributed by atoms with van der Waals surface area (Å²) in [5, 5.41) is 20.7. The predicted octanol–water partition coefficient (Wildman–Crippen LogP) is 2.76. The molecule has 0 bridgehead atoms. The molecule has 0 aliphatic heterocycles. The highest BCUT2D eigenvalue weighted by molar-refractivity contribution is 7.84. The van der Waals surface area contributed by atoms with E-state index in [-0.39, 0.29) is 18.4 Å². The van der Waals surface area contributed by atoms with Gasteiger partial charge in [0.2, 0.25) is 0 Å². The van der Waals surface area contributed by atoms with Crippen LogP contribution in [-0.4, -0.2) is 42.7 Å². The molecular formula is C18H28N4O4S2. The molecule has 1 saturated carbocycles. The van der Waals surface area contributed by atoms with Crippen LogP contribution >= 0.6 is 11.3 Å². The van der Waals surface area contributed by atoms with Crippen LogP contribution in [-0.2, 0) is 14.5 Å². The van der Waals surface area contributed by atoms with Crippen molar-refractivity contribution in [3.05, 3.63) is 17.3 Å². The number of aliphatic hydroxyl groups excluding tert-OH is 1. The maximum atomic E-state index is 11.0. The minimum absolute atomic E-state index is 0.0991. The van der Waals surface area contributed by atoms with Crippen LogP contribution in [0, 0.1) is 5.92 Å². The van der Waals surface area contributed by atoms with Crippen molar-refractivity contribution in [1.29, 1.82) is 0 Å². The number of anilines is 1. The monoisotopic (exact) mass is 428 g/mol. The molecule has 3 rings (SSSR count). The highest BCUT2D eigenvalue weighted by atomic mass is 32.2. The maximum Gasteiger partial charge on any atom is 0.333 e. The predicted molar refractivity (Wildman–Crippen MR) is 111 cm³/mol. The number of fused-ring (bicyclic) bond motifs is 1. The minimum atomic E-state index is -4.00. The second-order valence-corrected chi connectivity index (χ2v) is 9.45. The van der Waals surface area contributed by atoms with Crippen LogP contribution < -0.4 is 10.5 Å². The lowest BCUT2D eigenvalue weighted by molar-refractivity contribution is 0.101. The van der Waals surface area contributed by atoms with Crippen molar-refractivity contribution in [2.45, 2.75) is 57.5 Å². The van der Waals surface area contributed by atoms with Crippen LogP contribution in [0.4, 0.5) is 5.82 Å². The Morgan fingerprint density at radius 1 is 1.32 bits per heavy atom. The normalized spacial score (nSPS) is 22.8. The van der Waals surface area contributed by atoms with Crippen LogP contribution in [0.15, 0.2) is 11.7 Å². The van der Waals surface area contributed by atoms with Crippen LogP contribution in [0.3, 0.4) is 0 Å². The van der Waals surface area contributed by atoms with Gasteiger partial charge in [0, 0.05) is 12.5 Å². The van der Waals surface area contributed by atoms with Crippen molar-refractivity contribution >= 4 is 37.7 Å². The van der Waals surface area contributed by atoms with E-state index in [9.17, 15) is 13.5 Å². The highest BCUT2D eigenvalue weighted by Gasteiger charge is 2.36. The van der Waals surface area contributed by atoms with E-state index in [2.05, 4.69) is 31.8 Å². The first-order valence-corrected chi connectivity index (χ1v) is 12.0. The zero-order chi connectivity index (χ0) is 20.1. The summed E-state index contributed by atoms with van der Waals surface area (Å²) < 4.78 is 27.7. The molecule has 2 heterocycles. The molecule has 2 aromatic heterocycles. The summed E-state index contributed by atoms with van der Waals surface area (Å²) in [6, 6.07) is 0. The smallest absolute Gasteiger partial charge is 0.333 e. The molecule has 0 aromatic carbocycles. The first-order chi connectivity index (χ1) is 13.4. The molecule has 2 aromatic rings. The molecule has 1 aliphatic carbocycles. The minimum Gasteiger partial charge on any atom is -0.393 e. The van der Waals surface area contributed by atoms with Gasteiger partial charge in [-0.05, 0) is 36.1 Å². The third-order valence-electron chi connectivity index (χ3n) is 5.25. The molecule has 0 spiro atoms. The van der Waals surface area contributed by atoms with Gasteiger partial charge in [0.15, 0.2) is 0 Å². The van der Waals surface area contributed by atoms with Gasteiger partial charge < -0.3 is 10.4 Å². The van der Waals surface area contributed by atoms with Crippen LogP contribution in [0.5, 0.6) is 0 Å². The molecule has 3 unspecified atom stereocenters. The second-order valence-electron chi connectivity index (χ2n) is 7.35. The molecule has 0 radical (unpaired) electrons. The number of rotatable bonds is 10. The number of unbranched alkanes of at least 4 members (excludes halogenated alkanes) is 3. The van der Waals surface area contributed by atoms with Gasteiger partial charge in [-0.25, -0.2) is 15.1 Å². The van der Waals surface area contributed by atoms with Crippen LogP contribution in [0.25, 0.3) is 10.2 Å². The van der Waals surface area contributed by atoms with Crippen molar-refractivity contribution in [2.75, 3.05) is 18.5 Å². The van der Waals surface area contributed by atoms with E-state index in [0.717, 1.165) is 34.6 Å². The van der Waals surface area contributed by atoms with E-state index < -0.39 is 16.4 Å². The van der Waals surface area contributed by atoms with Gasteiger partial charge in [0.05, 0.1) is 22.9 Å². The van der Waals surface area contributed by atoms with Gasteiger partial charge in [-0.2, -0.15) is 8.42 Å². The molecule has 1 aliphatic rings. The number of aliphatic hydroxyl groups is 1. The number of nitrogens with zero attached hydrogens (tertiary/aromatic N) is 2. The Hall–Kier alpha value is -1.33. The Bertz CT molecular complexity index is 887. The lowest BCUT2D eigenvalue weighted by atomic mass is 9.98. The van der Waals surface area contributed by atoms with E-state index in [0.29, 0.717) is 12.8 Å². The fourth-order valence-corrected chi connectivity index (χ4v) is 5.19. The summed E-state index contributed by atoms with van der Waals surface area (Å²) in [6.45, 7) is 2.98. The summed E-state index contributed by atoms with van der Waals surface area (Å²) in [4.78, 5) is 8.86. The van der Waals surface area contributed by atoms with E-state index in [4.69, 9.17) is 5.14 Å². The molecule has 28 heavy (non-hydrogen) atoms. The average molecular weight is 429 g/mol. The van der Waals surface area contributed by atoms with E-state index in [1.54, 1.807) is 17.7 Å². The molecule has 0 saturated heterocycles. The van der Waals surface area contributed by atoms with Crippen LogP contribution in [0.2, 0.25) is 0 Å². The summed E-state index contributed by atoms with van der Waals surface area (Å²) in [5.41, 5.74) is 1.98. The third kappa shape index (κ3) is 5.38. The summed E-state index contributed by atoms with van der Waals surface area (Å²) in [5.74, 6) is 0.687. The van der Waals surface area contributed by atoms with Gasteiger partial charge in [0.1, 0.15) is 12.1 Å². The van der Waals surface area contributed by atoms with Gasteiger partial charge in [-0.15, -0.1) is 11.3 Å². The molecule has 10 heteroatoms. The van der Waals surface area contributed by atoms with Crippen molar-refractivity contribution in [3.8, 4) is 0 Å². The zero-order valence-electron chi connectivity index (χ0n) is 16.0. The first-order valence-electron chi connectivity index (χ1n) is 9.70. The molecule has 8 nitrogen and oxygen atoms in total. The fourth-order valence-electron chi connectivity index (χ4n) is 3.76. The topological polar surface area (TPSA) is 127 Å². The summed E-state index contributed by atoms with van der Waals surface area (Å²) >= 11 is 1.60. The Labute approximate surface area is 169 Å². The highest BCUT2D eigenvalue weighted by Crippen LogP contribution is 2.43. The number of hydrogen-bond acceptors (Lipinski definition) is 8. The van der Waals surface area contributed by atoms with Crippen molar-refractivity contribution in [1.82, 2.24) is 9.97 Å². The lowest BCUT2D eigenvalue weighted by Gasteiger charge is -2.12. The van der Waals surface area contributed by atoms with Gasteiger partial charge in [-0.1, -0.05) is 26.2 Å². The second kappa shape index (κ2) is 9.45. The van der Waals surface area contributed by atoms with Crippen LogP contribution in [0.1, 0.15) is 56.9 Å². The number of aromatic nitrogens is 2. The fraction of sp³-hybridized carbons (Fsp3) is 0.667.